The molecule has 0 N–H and O–H groups in total. The number of hydrogen-bond donors (Lipinski definition) is 0. The Hall–Kier alpha value is -1.13. The van der Waals surface area contributed by atoms with Crippen LogP contribution in [0.1, 0.15) is 10.4 Å². The van der Waals surface area contributed by atoms with E-state index >= 15 is 0 Å². The quantitative estimate of drug-likeness (QED) is 0.437. The molecule has 0 aromatic heterocycles. The minimum Gasteiger partial charge on any atom is -0.276 e. The second-order valence-corrected chi connectivity index (χ2v) is 2.89. The highest BCUT2D eigenvalue weighted by Crippen LogP contribution is 2.28. The van der Waals surface area contributed by atoms with Crippen molar-refractivity contribution in [3.05, 3.63) is 38.9 Å². The smallest absolute Gasteiger partial charge is 0.276 e. The average Bonchev–Trinajstić information content (AvgIpc) is 2.03. The first-order chi connectivity index (χ1) is 6.04. The Balaban J connectivity index is 3.35. The molecule has 0 fully saturated rings. The summed E-state index contributed by atoms with van der Waals surface area (Å²) in [7, 11) is 0. The number of hydrogen-bond acceptors (Lipinski definition) is 3. The Morgan fingerprint density at radius 3 is 2.54 bits per heavy atom. The second kappa shape index (κ2) is 3.72. The maximum atomic E-state index is 10.7. The number of carbonyl (C=O) groups excluding carboxylic acids is 1. The molecular formula is C7H3Cl2NO3. The van der Waals surface area contributed by atoms with Crippen LogP contribution in [-0.4, -0.2) is 10.2 Å². The van der Waals surface area contributed by atoms with Crippen LogP contribution in [-0.2, 0) is 0 Å². The van der Waals surface area contributed by atoms with E-state index < -0.39 is 10.2 Å². The molecule has 1 aromatic rings. The van der Waals surface area contributed by atoms with Crippen molar-refractivity contribution < 1.29 is 9.72 Å². The van der Waals surface area contributed by atoms with Crippen LogP contribution in [0.5, 0.6) is 0 Å². The highest BCUT2D eigenvalue weighted by molar-refractivity contribution is 6.68. The number of halogens is 2. The molecule has 0 spiro atoms. The third kappa shape index (κ3) is 1.96. The lowest BCUT2D eigenvalue weighted by molar-refractivity contribution is -0.384. The molecule has 0 saturated carbocycles. The van der Waals surface area contributed by atoms with Gasteiger partial charge in [-0.1, -0.05) is 17.7 Å². The van der Waals surface area contributed by atoms with Gasteiger partial charge in [-0.2, -0.15) is 0 Å². The van der Waals surface area contributed by atoms with E-state index in [1.54, 1.807) is 0 Å². The second-order valence-electron chi connectivity index (χ2n) is 2.17. The molecule has 13 heavy (non-hydrogen) atoms. The predicted molar refractivity (Wildman–Crippen MR) is 48.3 cm³/mol. The molecule has 1 rings (SSSR count). The van der Waals surface area contributed by atoms with Crippen LogP contribution in [0.2, 0.25) is 5.02 Å². The number of nitro benzene ring substituents is 1. The molecular weight excluding hydrogens is 217 g/mol. The van der Waals surface area contributed by atoms with Crippen LogP contribution in [0.15, 0.2) is 18.2 Å². The van der Waals surface area contributed by atoms with Crippen molar-refractivity contribution in [3.8, 4) is 0 Å². The molecule has 0 aliphatic heterocycles. The summed E-state index contributed by atoms with van der Waals surface area (Å²) in [4.78, 5) is 20.4. The Morgan fingerprint density at radius 1 is 1.46 bits per heavy atom. The van der Waals surface area contributed by atoms with Crippen molar-refractivity contribution in [2.45, 2.75) is 0 Å². The lowest BCUT2D eigenvalue weighted by Crippen LogP contribution is -1.95. The summed E-state index contributed by atoms with van der Waals surface area (Å²) in [6, 6.07) is 3.87. The van der Waals surface area contributed by atoms with Crippen molar-refractivity contribution in [2.24, 2.45) is 0 Å². The summed E-state index contributed by atoms with van der Waals surface area (Å²) in [5, 5.41) is 9.32. The van der Waals surface area contributed by atoms with Gasteiger partial charge in [-0.05, 0) is 17.7 Å². The first-order valence-electron chi connectivity index (χ1n) is 3.16. The molecule has 4 nitrogen and oxygen atoms in total. The van der Waals surface area contributed by atoms with Gasteiger partial charge in [0.2, 0.25) is 0 Å². The van der Waals surface area contributed by atoms with Gasteiger partial charge in [0.1, 0.15) is 5.02 Å². The molecule has 0 aliphatic carbocycles. The highest BCUT2D eigenvalue weighted by atomic mass is 35.5. The van der Waals surface area contributed by atoms with Gasteiger partial charge in [0.05, 0.1) is 10.5 Å². The van der Waals surface area contributed by atoms with Gasteiger partial charge in [0, 0.05) is 6.07 Å². The molecule has 0 atom stereocenters. The molecule has 0 amide bonds. The topological polar surface area (TPSA) is 60.2 Å². The number of nitro groups is 1. The average molecular weight is 220 g/mol. The van der Waals surface area contributed by atoms with Crippen molar-refractivity contribution in [1.82, 2.24) is 0 Å². The largest absolute Gasteiger partial charge is 0.288 e. The van der Waals surface area contributed by atoms with Crippen LogP contribution in [0.25, 0.3) is 0 Å². The van der Waals surface area contributed by atoms with E-state index in [2.05, 4.69) is 0 Å². The normalized spacial score (nSPS) is 9.69. The molecule has 0 bridgehead atoms. The fourth-order valence-corrected chi connectivity index (χ4v) is 1.30. The van der Waals surface area contributed by atoms with Crippen LogP contribution in [0.4, 0.5) is 5.69 Å². The van der Waals surface area contributed by atoms with E-state index in [0.717, 1.165) is 0 Å². The van der Waals surface area contributed by atoms with E-state index in [4.69, 9.17) is 23.2 Å². The van der Waals surface area contributed by atoms with Crippen molar-refractivity contribution in [1.29, 1.82) is 0 Å². The van der Waals surface area contributed by atoms with E-state index in [1.165, 1.54) is 18.2 Å². The summed E-state index contributed by atoms with van der Waals surface area (Å²) in [6.45, 7) is 0. The molecule has 0 aliphatic rings. The fourth-order valence-electron chi connectivity index (χ4n) is 0.813. The van der Waals surface area contributed by atoms with Crippen LogP contribution in [0.3, 0.4) is 0 Å². The highest BCUT2D eigenvalue weighted by Gasteiger charge is 2.18. The Labute approximate surface area is 83.2 Å². The van der Waals surface area contributed by atoms with Gasteiger partial charge < -0.3 is 0 Å². The molecule has 0 heterocycles. The molecule has 0 saturated heterocycles. The zero-order chi connectivity index (χ0) is 10.0. The van der Waals surface area contributed by atoms with Crippen molar-refractivity contribution in [2.75, 3.05) is 0 Å². The van der Waals surface area contributed by atoms with Crippen LogP contribution < -0.4 is 0 Å². The summed E-state index contributed by atoms with van der Waals surface area (Å²) in [5.74, 6) is 0. The van der Waals surface area contributed by atoms with E-state index in [1.807, 2.05) is 0 Å². The van der Waals surface area contributed by atoms with Gasteiger partial charge in [0.25, 0.3) is 10.9 Å². The molecule has 68 valence electrons. The molecule has 1 aromatic carbocycles. The summed E-state index contributed by atoms with van der Waals surface area (Å²) >= 11 is 10.7. The van der Waals surface area contributed by atoms with Gasteiger partial charge in [0.15, 0.2) is 0 Å². The Morgan fingerprint density at radius 2 is 2.08 bits per heavy atom. The van der Waals surface area contributed by atoms with Crippen LogP contribution in [0, 0.1) is 10.1 Å². The van der Waals surface area contributed by atoms with Crippen molar-refractivity contribution in [3.63, 3.8) is 0 Å². The molecule has 0 radical (unpaired) electrons. The van der Waals surface area contributed by atoms with E-state index in [-0.39, 0.29) is 16.3 Å². The van der Waals surface area contributed by atoms with Gasteiger partial charge in [-0.3, -0.25) is 14.9 Å². The lowest BCUT2D eigenvalue weighted by atomic mass is 10.2. The number of nitrogens with zero attached hydrogens (tertiary/aromatic N) is 1. The van der Waals surface area contributed by atoms with E-state index in [0.29, 0.717) is 0 Å². The first kappa shape index (κ1) is 9.95. The maximum Gasteiger partial charge on any atom is 0.288 e. The predicted octanol–water partition coefficient (Wildman–Crippen LogP) is 2.63. The Kier molecular flexibility index (Phi) is 2.85. The summed E-state index contributed by atoms with van der Waals surface area (Å²) in [5.41, 5.74) is -0.384. The third-order valence-corrected chi connectivity index (χ3v) is 1.99. The number of rotatable bonds is 2. The van der Waals surface area contributed by atoms with E-state index in [9.17, 15) is 14.9 Å². The van der Waals surface area contributed by atoms with Crippen molar-refractivity contribution >= 4 is 34.1 Å². The zero-order valence-electron chi connectivity index (χ0n) is 6.16. The summed E-state index contributed by atoms with van der Waals surface area (Å²) in [6.07, 6.45) is 0. The fraction of sp³-hybridized carbons (Fsp3) is 0. The monoisotopic (exact) mass is 219 g/mol. The number of benzene rings is 1. The minimum atomic E-state index is -0.811. The minimum absolute atomic E-state index is 0.0578. The third-order valence-electron chi connectivity index (χ3n) is 1.39. The van der Waals surface area contributed by atoms with Crippen LogP contribution >= 0.6 is 23.2 Å². The lowest BCUT2D eigenvalue weighted by Gasteiger charge is -1.98. The first-order valence-corrected chi connectivity index (χ1v) is 3.92. The standard InChI is InChI=1S/C7H3Cl2NO3/c8-6-4(7(9)11)2-1-3-5(6)10(12)13/h1-3H. The Bertz CT molecular complexity index is 346. The number of carbonyl (C=O) groups is 1. The molecule has 6 heteroatoms. The van der Waals surface area contributed by atoms with Gasteiger partial charge in [-0.15, -0.1) is 0 Å². The maximum absolute atomic E-state index is 10.7. The van der Waals surface area contributed by atoms with Gasteiger partial charge in [-0.25, -0.2) is 0 Å². The van der Waals surface area contributed by atoms with Gasteiger partial charge >= 0.3 is 0 Å². The SMILES string of the molecule is O=C(Cl)c1cccc([N+](=O)[O-])c1Cl. The zero-order valence-corrected chi connectivity index (χ0v) is 7.67. The summed E-state index contributed by atoms with van der Waals surface area (Å²) < 4.78 is 0. The molecule has 0 unspecified atom stereocenters.